The van der Waals surface area contributed by atoms with Gasteiger partial charge >= 0.3 is 0 Å². The Kier molecular flexibility index (Phi) is 3.02. The molecule has 2 aromatic heterocycles. The summed E-state index contributed by atoms with van der Waals surface area (Å²) < 4.78 is 2.96. The maximum absolute atomic E-state index is 4.32. The Morgan fingerprint density at radius 2 is 1.94 bits per heavy atom. The molecular formula is C14H12BrN3. The van der Waals surface area contributed by atoms with E-state index in [9.17, 15) is 0 Å². The van der Waals surface area contributed by atoms with Crippen molar-refractivity contribution in [2.45, 2.75) is 6.54 Å². The molecule has 18 heavy (non-hydrogen) atoms. The zero-order chi connectivity index (χ0) is 12.4. The van der Waals surface area contributed by atoms with Gasteiger partial charge in [0.05, 0.1) is 11.7 Å². The predicted molar refractivity (Wildman–Crippen MR) is 76.7 cm³/mol. The van der Waals surface area contributed by atoms with Crippen LogP contribution in [0.1, 0.15) is 5.56 Å². The van der Waals surface area contributed by atoms with Crippen molar-refractivity contribution in [1.29, 1.82) is 0 Å². The van der Waals surface area contributed by atoms with Crippen LogP contribution < -0.4 is 5.32 Å². The normalized spacial score (nSPS) is 10.7. The first-order valence-electron chi connectivity index (χ1n) is 5.74. The smallest absolute Gasteiger partial charge is 0.0711 e. The highest BCUT2D eigenvalue weighted by Gasteiger charge is 2.03. The average molecular weight is 302 g/mol. The summed E-state index contributed by atoms with van der Waals surface area (Å²) in [5, 5.41) is 7.73. The number of halogens is 1. The monoisotopic (exact) mass is 301 g/mol. The lowest BCUT2D eigenvalue weighted by Gasteiger charge is -2.07. The van der Waals surface area contributed by atoms with Crippen LogP contribution >= 0.6 is 15.9 Å². The van der Waals surface area contributed by atoms with Crippen molar-refractivity contribution in [3.05, 3.63) is 64.9 Å². The summed E-state index contributed by atoms with van der Waals surface area (Å²) in [6.07, 6.45) is 3.86. The number of benzene rings is 1. The third-order valence-corrected chi connectivity index (χ3v) is 3.54. The lowest BCUT2D eigenvalue weighted by atomic mass is 10.2. The van der Waals surface area contributed by atoms with Crippen LogP contribution in [0.4, 0.5) is 5.69 Å². The molecule has 0 atom stereocenters. The van der Waals surface area contributed by atoms with Gasteiger partial charge in [0.2, 0.25) is 0 Å². The van der Waals surface area contributed by atoms with Gasteiger partial charge in [0, 0.05) is 28.5 Å². The number of pyridine rings is 1. The molecule has 1 aromatic carbocycles. The molecule has 0 spiro atoms. The highest BCUT2D eigenvalue weighted by molar-refractivity contribution is 9.10. The molecule has 0 aliphatic carbocycles. The summed E-state index contributed by atoms with van der Waals surface area (Å²) in [7, 11) is 0. The largest absolute Gasteiger partial charge is 0.380 e. The molecule has 3 rings (SSSR count). The van der Waals surface area contributed by atoms with Gasteiger partial charge in [0.1, 0.15) is 0 Å². The van der Waals surface area contributed by atoms with Crippen molar-refractivity contribution in [3.63, 3.8) is 0 Å². The van der Waals surface area contributed by atoms with Crippen LogP contribution in [0.25, 0.3) is 5.52 Å². The standard InChI is InChI=1S/C14H12BrN3/c15-12-5-1-2-6-13(12)16-9-11-10-17-18-8-4-3-7-14(11)18/h1-8,10,16H,9H2. The van der Waals surface area contributed by atoms with E-state index in [0.29, 0.717) is 0 Å². The molecule has 4 heteroatoms. The fourth-order valence-corrected chi connectivity index (χ4v) is 2.34. The van der Waals surface area contributed by atoms with Crippen molar-refractivity contribution in [2.24, 2.45) is 0 Å². The summed E-state index contributed by atoms with van der Waals surface area (Å²) in [4.78, 5) is 0. The van der Waals surface area contributed by atoms with E-state index in [1.54, 1.807) is 0 Å². The fraction of sp³-hybridized carbons (Fsp3) is 0.0714. The molecule has 3 nitrogen and oxygen atoms in total. The topological polar surface area (TPSA) is 29.3 Å². The van der Waals surface area contributed by atoms with E-state index in [1.165, 1.54) is 5.56 Å². The Hall–Kier alpha value is -1.81. The molecule has 0 fully saturated rings. The van der Waals surface area contributed by atoms with Crippen molar-refractivity contribution in [1.82, 2.24) is 9.61 Å². The quantitative estimate of drug-likeness (QED) is 0.799. The first-order chi connectivity index (χ1) is 8.84. The van der Waals surface area contributed by atoms with Crippen LogP contribution in [0.3, 0.4) is 0 Å². The van der Waals surface area contributed by atoms with Crippen LogP contribution in [0.15, 0.2) is 59.3 Å². The van der Waals surface area contributed by atoms with Crippen LogP contribution in [-0.4, -0.2) is 9.61 Å². The Labute approximate surface area is 114 Å². The molecule has 0 radical (unpaired) electrons. The third kappa shape index (κ3) is 2.11. The highest BCUT2D eigenvalue weighted by Crippen LogP contribution is 2.22. The fourth-order valence-electron chi connectivity index (χ4n) is 1.92. The van der Waals surface area contributed by atoms with Gasteiger partial charge in [-0.1, -0.05) is 18.2 Å². The Balaban J connectivity index is 1.83. The van der Waals surface area contributed by atoms with Crippen LogP contribution in [-0.2, 0) is 6.54 Å². The van der Waals surface area contributed by atoms with Crippen LogP contribution in [0.5, 0.6) is 0 Å². The molecular weight excluding hydrogens is 290 g/mol. The molecule has 3 aromatic rings. The second-order valence-electron chi connectivity index (χ2n) is 4.03. The van der Waals surface area contributed by atoms with Gasteiger partial charge in [-0.25, -0.2) is 4.52 Å². The number of nitrogens with zero attached hydrogens (tertiary/aromatic N) is 2. The number of para-hydroxylation sites is 1. The van der Waals surface area contributed by atoms with Crippen LogP contribution in [0.2, 0.25) is 0 Å². The minimum Gasteiger partial charge on any atom is -0.380 e. The average Bonchev–Trinajstić information content (AvgIpc) is 2.81. The summed E-state index contributed by atoms with van der Waals surface area (Å²) in [6, 6.07) is 14.2. The number of anilines is 1. The number of nitrogens with one attached hydrogen (secondary N) is 1. The maximum Gasteiger partial charge on any atom is 0.0711 e. The van der Waals surface area contributed by atoms with Gasteiger partial charge in [0.15, 0.2) is 0 Å². The lowest BCUT2D eigenvalue weighted by Crippen LogP contribution is -1.99. The predicted octanol–water partition coefficient (Wildman–Crippen LogP) is 3.71. The Morgan fingerprint density at radius 3 is 2.83 bits per heavy atom. The van der Waals surface area contributed by atoms with Gasteiger partial charge in [0.25, 0.3) is 0 Å². The second-order valence-corrected chi connectivity index (χ2v) is 4.89. The van der Waals surface area contributed by atoms with Crippen molar-refractivity contribution >= 4 is 27.1 Å². The van der Waals surface area contributed by atoms with E-state index in [4.69, 9.17) is 0 Å². The molecule has 90 valence electrons. The molecule has 0 unspecified atom stereocenters. The van der Waals surface area contributed by atoms with Gasteiger partial charge in [-0.05, 0) is 40.2 Å². The number of rotatable bonds is 3. The third-order valence-electron chi connectivity index (χ3n) is 2.85. The summed E-state index contributed by atoms with van der Waals surface area (Å²) in [6.45, 7) is 0.760. The van der Waals surface area contributed by atoms with Gasteiger partial charge in [-0.15, -0.1) is 0 Å². The minimum absolute atomic E-state index is 0.760. The highest BCUT2D eigenvalue weighted by atomic mass is 79.9. The summed E-state index contributed by atoms with van der Waals surface area (Å²) in [5.74, 6) is 0. The zero-order valence-electron chi connectivity index (χ0n) is 9.68. The summed E-state index contributed by atoms with van der Waals surface area (Å²) in [5.41, 5.74) is 3.41. The molecule has 0 aliphatic rings. The molecule has 1 N–H and O–H groups in total. The van der Waals surface area contributed by atoms with E-state index in [0.717, 1.165) is 22.2 Å². The number of aromatic nitrogens is 2. The molecule has 0 saturated heterocycles. The molecule has 0 amide bonds. The van der Waals surface area contributed by atoms with Crippen molar-refractivity contribution < 1.29 is 0 Å². The molecule has 0 saturated carbocycles. The number of hydrogen-bond donors (Lipinski definition) is 1. The molecule has 0 aliphatic heterocycles. The molecule has 2 heterocycles. The van der Waals surface area contributed by atoms with Gasteiger partial charge in [-0.2, -0.15) is 5.10 Å². The lowest BCUT2D eigenvalue weighted by molar-refractivity contribution is 0.961. The van der Waals surface area contributed by atoms with E-state index >= 15 is 0 Å². The maximum atomic E-state index is 4.32. The van der Waals surface area contributed by atoms with E-state index in [1.807, 2.05) is 47.2 Å². The van der Waals surface area contributed by atoms with Gasteiger partial charge in [-0.3, -0.25) is 0 Å². The SMILES string of the molecule is Brc1ccccc1NCc1cnn2ccccc12. The van der Waals surface area contributed by atoms with Crippen LogP contribution in [0, 0.1) is 0 Å². The van der Waals surface area contributed by atoms with Crippen molar-refractivity contribution in [3.8, 4) is 0 Å². The van der Waals surface area contributed by atoms with Crippen molar-refractivity contribution in [2.75, 3.05) is 5.32 Å². The first kappa shape index (κ1) is 11.3. The number of fused-ring (bicyclic) bond motifs is 1. The minimum atomic E-state index is 0.760. The summed E-state index contributed by atoms with van der Waals surface area (Å²) >= 11 is 3.53. The van der Waals surface area contributed by atoms with Gasteiger partial charge < -0.3 is 5.32 Å². The molecule has 0 bridgehead atoms. The second kappa shape index (κ2) is 4.82. The Bertz CT molecular complexity index is 675. The first-order valence-corrected chi connectivity index (χ1v) is 6.53. The number of hydrogen-bond acceptors (Lipinski definition) is 2. The van der Waals surface area contributed by atoms with E-state index < -0.39 is 0 Å². The van der Waals surface area contributed by atoms with E-state index in [-0.39, 0.29) is 0 Å². The zero-order valence-corrected chi connectivity index (χ0v) is 11.3. The van der Waals surface area contributed by atoms with E-state index in [2.05, 4.69) is 38.5 Å². The Morgan fingerprint density at radius 1 is 1.11 bits per heavy atom.